The summed E-state index contributed by atoms with van der Waals surface area (Å²) in [7, 11) is -4.95. The van der Waals surface area contributed by atoms with Crippen LogP contribution in [0.2, 0.25) is 0 Å². The highest BCUT2D eigenvalue weighted by molar-refractivity contribution is 7.93. The number of aromatic nitrogens is 1. The molecule has 1 heterocycles. The fourth-order valence-electron chi connectivity index (χ4n) is 4.37. The van der Waals surface area contributed by atoms with Crippen LogP contribution in [-0.2, 0) is 25.7 Å². The number of esters is 1. The van der Waals surface area contributed by atoms with Gasteiger partial charge in [0.2, 0.25) is 0 Å². The van der Waals surface area contributed by atoms with E-state index in [4.69, 9.17) is 9.47 Å². The molecule has 0 spiro atoms. The lowest BCUT2D eigenvalue weighted by molar-refractivity contribution is -0.157. The monoisotopic (exact) mass is 608 g/mol. The van der Waals surface area contributed by atoms with Crippen molar-refractivity contribution in [1.82, 2.24) is 4.57 Å². The molecule has 7 nitrogen and oxygen atoms in total. The van der Waals surface area contributed by atoms with Gasteiger partial charge in [-0.3, -0.25) is 4.57 Å². The molecule has 14 heteroatoms. The van der Waals surface area contributed by atoms with Crippen LogP contribution >= 0.6 is 0 Å². The summed E-state index contributed by atoms with van der Waals surface area (Å²) in [6.45, 7) is 8.26. The number of hydrogen-bond acceptors (Lipinski definition) is 5. The molecule has 0 aliphatic heterocycles. The van der Waals surface area contributed by atoms with Gasteiger partial charge in [-0.05, 0) is 76.1 Å². The molecule has 41 heavy (non-hydrogen) atoms. The van der Waals surface area contributed by atoms with Crippen molar-refractivity contribution in [2.75, 3.05) is 11.4 Å². The lowest BCUT2D eigenvalue weighted by atomic mass is 10.0. The van der Waals surface area contributed by atoms with E-state index in [0.29, 0.717) is 5.75 Å². The topological polar surface area (TPSA) is 77.8 Å². The van der Waals surface area contributed by atoms with Crippen LogP contribution in [0.1, 0.15) is 45.7 Å². The van der Waals surface area contributed by atoms with Crippen molar-refractivity contribution in [3.8, 4) is 11.4 Å². The Morgan fingerprint density at radius 2 is 1.51 bits per heavy atom. The number of sulfonamides is 1. The molecule has 0 unspecified atom stereocenters. The van der Waals surface area contributed by atoms with Crippen molar-refractivity contribution in [3.63, 3.8) is 0 Å². The maximum absolute atomic E-state index is 14.3. The van der Waals surface area contributed by atoms with Gasteiger partial charge in [0.25, 0.3) is 0 Å². The number of fused-ring (bicyclic) bond motifs is 1. The molecule has 0 bridgehead atoms. The Bertz CT molecular complexity index is 1540. The van der Waals surface area contributed by atoms with Crippen LogP contribution in [-0.4, -0.2) is 43.2 Å². The highest BCUT2D eigenvalue weighted by Gasteiger charge is 2.56. The second-order valence-corrected chi connectivity index (χ2v) is 12.5. The Morgan fingerprint density at radius 1 is 0.951 bits per heavy atom. The fourth-order valence-corrected chi connectivity index (χ4v) is 5.67. The molecule has 1 aromatic heterocycles. The average molecular weight is 609 g/mol. The van der Waals surface area contributed by atoms with E-state index < -0.39 is 56.6 Å². The summed E-state index contributed by atoms with van der Waals surface area (Å²) in [6.07, 6.45) is -4.79. The summed E-state index contributed by atoms with van der Waals surface area (Å²) >= 11 is 0. The van der Waals surface area contributed by atoms with Gasteiger partial charge in [-0.1, -0.05) is 13.8 Å². The van der Waals surface area contributed by atoms with Crippen molar-refractivity contribution >= 4 is 32.7 Å². The molecule has 1 atom stereocenters. The number of nitrogens with zero attached hydrogens (tertiary/aromatic N) is 2. The first-order valence-corrected chi connectivity index (χ1v) is 13.8. The normalized spacial score (nSPS) is 13.9. The number of anilines is 1. The van der Waals surface area contributed by atoms with Gasteiger partial charge in [0.05, 0.1) is 18.2 Å². The Hall–Kier alpha value is -3.42. The Balaban J connectivity index is 2.55. The van der Waals surface area contributed by atoms with Gasteiger partial charge in [-0.25, -0.2) is 9.10 Å². The first-order valence-electron chi connectivity index (χ1n) is 12.3. The zero-order chi connectivity index (χ0) is 31.3. The smallest absolute Gasteiger partial charge is 0.497 e. The molecule has 0 radical (unpaired) electrons. The number of halogens is 6. The van der Waals surface area contributed by atoms with Crippen LogP contribution in [0.25, 0.3) is 16.6 Å². The van der Waals surface area contributed by atoms with E-state index in [1.165, 1.54) is 72.9 Å². The van der Waals surface area contributed by atoms with E-state index in [-0.39, 0.29) is 26.5 Å². The van der Waals surface area contributed by atoms with E-state index in [1.807, 2.05) is 0 Å². The lowest BCUT2D eigenvalue weighted by Crippen LogP contribution is -2.54. The van der Waals surface area contributed by atoms with E-state index in [2.05, 4.69) is 0 Å². The number of benzene rings is 2. The van der Waals surface area contributed by atoms with Gasteiger partial charge < -0.3 is 9.47 Å². The van der Waals surface area contributed by atoms with Gasteiger partial charge in [0, 0.05) is 16.6 Å². The first-order chi connectivity index (χ1) is 18.6. The van der Waals surface area contributed by atoms with Crippen LogP contribution < -0.4 is 9.04 Å². The lowest BCUT2D eigenvalue weighted by Gasteiger charge is -2.36. The van der Waals surface area contributed by atoms with Gasteiger partial charge in [0.15, 0.2) is 0 Å². The van der Waals surface area contributed by atoms with Crippen molar-refractivity contribution < 1.29 is 49.0 Å². The summed E-state index contributed by atoms with van der Waals surface area (Å²) in [5, 5.41) is -0.167. The van der Waals surface area contributed by atoms with Gasteiger partial charge in [-0.2, -0.15) is 34.8 Å². The minimum absolute atomic E-state index is 0.0234. The number of methoxy groups -OCH3 is 1. The first kappa shape index (κ1) is 32.1. The second-order valence-electron chi connectivity index (χ2n) is 10.7. The highest BCUT2D eigenvalue weighted by Crippen LogP contribution is 2.44. The maximum Gasteiger partial charge on any atom is 0.516 e. The third-order valence-corrected chi connectivity index (χ3v) is 7.64. The zero-order valence-electron chi connectivity index (χ0n) is 23.3. The van der Waals surface area contributed by atoms with Crippen LogP contribution in [0, 0.1) is 12.8 Å². The van der Waals surface area contributed by atoms with E-state index >= 15 is 0 Å². The third kappa shape index (κ3) is 6.26. The van der Waals surface area contributed by atoms with Crippen molar-refractivity contribution in [1.29, 1.82) is 0 Å². The van der Waals surface area contributed by atoms with E-state index in [9.17, 15) is 39.6 Å². The van der Waals surface area contributed by atoms with E-state index in [1.54, 1.807) is 0 Å². The molecule has 0 N–H and O–H groups in total. The highest BCUT2D eigenvalue weighted by atomic mass is 32.2. The molecule has 0 saturated carbocycles. The molecular formula is C27H30F6N2O5S. The van der Waals surface area contributed by atoms with Crippen molar-refractivity contribution in [2.45, 2.75) is 64.9 Å². The number of alkyl halides is 6. The summed E-state index contributed by atoms with van der Waals surface area (Å²) in [4.78, 5) is 13.4. The summed E-state index contributed by atoms with van der Waals surface area (Å²) < 4.78 is 122. The standard InChI is InChI=1S/C27H30F6N2O5S/c1-15(2)22(24(36)40-25(4,5)6)35(41(37,38)27(31,32)33)23-16(3)20-14-17(26(28,29)30)8-13-21(20)34(23)18-9-11-19(39-7)12-10-18/h8-15,22H,1-7H3/t22-/m0/s1. The van der Waals surface area contributed by atoms with Crippen molar-refractivity contribution in [3.05, 3.63) is 53.6 Å². The quantitative estimate of drug-likeness (QED) is 0.214. The Morgan fingerprint density at radius 3 is 1.95 bits per heavy atom. The molecule has 0 saturated heterocycles. The van der Waals surface area contributed by atoms with Crippen molar-refractivity contribution in [2.24, 2.45) is 5.92 Å². The maximum atomic E-state index is 14.3. The number of aryl methyl sites for hydroxylation is 1. The van der Waals surface area contributed by atoms with Crippen LogP contribution in [0.4, 0.5) is 32.2 Å². The molecule has 0 aliphatic carbocycles. The van der Waals surface area contributed by atoms with Gasteiger partial charge in [-0.15, -0.1) is 0 Å². The average Bonchev–Trinajstić information content (AvgIpc) is 3.10. The minimum Gasteiger partial charge on any atom is -0.497 e. The van der Waals surface area contributed by atoms with Gasteiger partial charge >= 0.3 is 27.7 Å². The number of carbonyl (C=O) groups excluding carboxylic acids is 1. The second kappa shape index (κ2) is 10.8. The Labute approximate surface area is 233 Å². The summed E-state index contributed by atoms with van der Waals surface area (Å²) in [6, 6.07) is 6.15. The molecule has 0 amide bonds. The molecule has 226 valence electrons. The molecule has 0 fully saturated rings. The Kier molecular flexibility index (Phi) is 8.43. The predicted octanol–water partition coefficient (Wildman–Crippen LogP) is 6.99. The molecule has 3 rings (SSSR count). The van der Waals surface area contributed by atoms with Crippen LogP contribution in [0.5, 0.6) is 5.75 Å². The number of carbonyl (C=O) groups is 1. The molecule has 0 aliphatic rings. The van der Waals surface area contributed by atoms with Crippen LogP contribution in [0.15, 0.2) is 42.5 Å². The number of ether oxygens (including phenoxy) is 2. The van der Waals surface area contributed by atoms with Gasteiger partial charge in [0.1, 0.15) is 23.2 Å². The van der Waals surface area contributed by atoms with E-state index in [0.717, 1.165) is 22.8 Å². The molecule has 2 aromatic carbocycles. The summed E-state index contributed by atoms with van der Waals surface area (Å²) in [5.41, 5.74) is -8.32. The fraction of sp³-hybridized carbons (Fsp3) is 0.444. The summed E-state index contributed by atoms with van der Waals surface area (Å²) in [5.74, 6) is -2.63. The number of hydrogen-bond donors (Lipinski definition) is 0. The predicted molar refractivity (Wildman–Crippen MR) is 141 cm³/mol. The third-order valence-electron chi connectivity index (χ3n) is 6.14. The molecular weight excluding hydrogens is 578 g/mol. The molecule has 3 aromatic rings. The zero-order valence-corrected chi connectivity index (χ0v) is 24.1. The SMILES string of the molecule is COc1ccc(-n2c(N([C@H](C(=O)OC(C)(C)C)C(C)C)S(=O)(=O)C(F)(F)F)c(C)c3cc(C(F)(F)F)ccc32)cc1. The largest absolute Gasteiger partial charge is 0.516 e. The number of rotatable bonds is 7. The van der Waals surface area contributed by atoms with Crippen LogP contribution in [0.3, 0.4) is 0 Å². The minimum atomic E-state index is -6.32.